The van der Waals surface area contributed by atoms with Crippen molar-refractivity contribution in [2.75, 3.05) is 13.2 Å². The van der Waals surface area contributed by atoms with Crippen molar-refractivity contribution >= 4 is 17.8 Å². The summed E-state index contributed by atoms with van der Waals surface area (Å²) in [7, 11) is 0. The Morgan fingerprint density at radius 2 is 1.87 bits per heavy atom. The number of amides is 2. The molecule has 2 amide bonds. The van der Waals surface area contributed by atoms with E-state index in [0.717, 1.165) is 16.7 Å². The molecule has 0 aromatic heterocycles. The van der Waals surface area contributed by atoms with Gasteiger partial charge in [0.05, 0.1) is 6.42 Å². The zero-order valence-electron chi connectivity index (χ0n) is 14.1. The molecule has 0 aliphatic carbocycles. The Morgan fingerprint density at radius 1 is 1.17 bits per heavy atom. The lowest BCUT2D eigenvalue weighted by Gasteiger charge is -2.13. The summed E-state index contributed by atoms with van der Waals surface area (Å²) in [6, 6.07) is 5.06. The van der Waals surface area contributed by atoms with Crippen molar-refractivity contribution in [1.29, 1.82) is 0 Å². The Bertz CT molecular complexity index is 584. The summed E-state index contributed by atoms with van der Waals surface area (Å²) < 4.78 is 4.94. The van der Waals surface area contributed by atoms with Crippen LogP contribution in [0.15, 0.2) is 18.2 Å². The number of hydrogen-bond acceptors (Lipinski definition) is 4. The average Bonchev–Trinajstić information content (AvgIpc) is 2.49. The zero-order valence-corrected chi connectivity index (χ0v) is 14.1. The van der Waals surface area contributed by atoms with Crippen molar-refractivity contribution < 1.29 is 19.1 Å². The van der Waals surface area contributed by atoms with Crippen molar-refractivity contribution in [3.63, 3.8) is 0 Å². The van der Waals surface area contributed by atoms with Gasteiger partial charge < -0.3 is 15.4 Å². The average molecular weight is 320 g/mol. The van der Waals surface area contributed by atoms with Gasteiger partial charge in [-0.3, -0.25) is 14.4 Å². The monoisotopic (exact) mass is 320 g/mol. The van der Waals surface area contributed by atoms with Gasteiger partial charge in [-0.25, -0.2) is 0 Å². The quantitative estimate of drug-likeness (QED) is 0.735. The standard InChI is InChI=1S/C17H24N2O4/c1-5-18-17(22)13(4)19-15(20)10-23-16(21)9-14-7-6-11(2)12(3)8-14/h6-8,13H,5,9-10H2,1-4H3,(H,18,22)(H,19,20)/t13-/m1/s1. The van der Waals surface area contributed by atoms with Gasteiger partial charge in [0.25, 0.3) is 5.91 Å². The summed E-state index contributed by atoms with van der Waals surface area (Å²) in [5, 5.41) is 5.07. The number of likely N-dealkylation sites (N-methyl/N-ethyl adjacent to an activating group) is 1. The molecular formula is C17H24N2O4. The lowest BCUT2D eigenvalue weighted by molar-refractivity contribution is -0.148. The van der Waals surface area contributed by atoms with Crippen LogP contribution in [0.3, 0.4) is 0 Å². The van der Waals surface area contributed by atoms with Gasteiger partial charge in [0.1, 0.15) is 6.04 Å². The summed E-state index contributed by atoms with van der Waals surface area (Å²) in [4.78, 5) is 34.9. The minimum absolute atomic E-state index is 0.111. The van der Waals surface area contributed by atoms with Gasteiger partial charge in [0.15, 0.2) is 6.61 Å². The molecule has 0 spiro atoms. The molecule has 126 valence electrons. The van der Waals surface area contributed by atoms with Crippen LogP contribution in [0.2, 0.25) is 0 Å². The Balaban J connectivity index is 2.39. The van der Waals surface area contributed by atoms with Gasteiger partial charge in [-0.2, -0.15) is 0 Å². The Kier molecular flexibility index (Phi) is 7.25. The van der Waals surface area contributed by atoms with Crippen molar-refractivity contribution in [3.8, 4) is 0 Å². The predicted molar refractivity (Wildman–Crippen MR) is 86.9 cm³/mol. The van der Waals surface area contributed by atoms with E-state index in [2.05, 4.69) is 10.6 Å². The van der Waals surface area contributed by atoms with Crippen LogP contribution in [0, 0.1) is 13.8 Å². The number of carbonyl (C=O) groups excluding carboxylic acids is 3. The third-order valence-corrected chi connectivity index (χ3v) is 3.41. The highest BCUT2D eigenvalue weighted by Gasteiger charge is 2.16. The van der Waals surface area contributed by atoms with Gasteiger partial charge in [-0.1, -0.05) is 18.2 Å². The summed E-state index contributed by atoms with van der Waals surface area (Å²) in [5.74, 6) is -1.26. The van der Waals surface area contributed by atoms with Crippen LogP contribution in [0.25, 0.3) is 0 Å². The van der Waals surface area contributed by atoms with Gasteiger partial charge >= 0.3 is 5.97 Å². The van der Waals surface area contributed by atoms with E-state index in [-0.39, 0.29) is 12.3 Å². The fourth-order valence-corrected chi connectivity index (χ4v) is 1.95. The normalized spacial score (nSPS) is 11.5. The maximum atomic E-state index is 11.8. The molecule has 0 aliphatic rings. The second-order valence-electron chi connectivity index (χ2n) is 5.44. The molecule has 1 aromatic carbocycles. The second kappa shape index (κ2) is 8.92. The van der Waals surface area contributed by atoms with Crippen molar-refractivity contribution in [2.45, 2.75) is 40.2 Å². The van der Waals surface area contributed by atoms with Crippen molar-refractivity contribution in [3.05, 3.63) is 34.9 Å². The van der Waals surface area contributed by atoms with Gasteiger partial charge in [0, 0.05) is 6.54 Å². The number of aryl methyl sites for hydroxylation is 2. The first-order chi connectivity index (χ1) is 10.8. The Morgan fingerprint density at radius 3 is 2.48 bits per heavy atom. The smallest absolute Gasteiger partial charge is 0.310 e. The van der Waals surface area contributed by atoms with Crippen LogP contribution in [0.5, 0.6) is 0 Å². The Labute approximate surface area is 136 Å². The fraction of sp³-hybridized carbons (Fsp3) is 0.471. The fourth-order valence-electron chi connectivity index (χ4n) is 1.95. The first-order valence-electron chi connectivity index (χ1n) is 7.62. The SMILES string of the molecule is CCNC(=O)[C@@H](C)NC(=O)COC(=O)Cc1ccc(C)c(C)c1. The first-order valence-corrected chi connectivity index (χ1v) is 7.62. The summed E-state index contributed by atoms with van der Waals surface area (Å²) in [6.45, 7) is 7.43. The van der Waals surface area contributed by atoms with Crippen LogP contribution < -0.4 is 10.6 Å². The minimum Gasteiger partial charge on any atom is -0.455 e. The van der Waals surface area contributed by atoms with E-state index in [9.17, 15) is 14.4 Å². The molecule has 0 saturated heterocycles. The minimum atomic E-state index is -0.666. The van der Waals surface area contributed by atoms with E-state index in [1.54, 1.807) is 13.8 Å². The third kappa shape index (κ3) is 6.50. The summed E-state index contributed by atoms with van der Waals surface area (Å²) in [5.41, 5.74) is 3.10. The molecule has 23 heavy (non-hydrogen) atoms. The van der Waals surface area contributed by atoms with E-state index in [0.29, 0.717) is 6.54 Å². The highest BCUT2D eigenvalue weighted by atomic mass is 16.5. The maximum absolute atomic E-state index is 11.8. The number of benzene rings is 1. The topological polar surface area (TPSA) is 84.5 Å². The van der Waals surface area contributed by atoms with E-state index in [1.807, 2.05) is 32.0 Å². The second-order valence-corrected chi connectivity index (χ2v) is 5.44. The molecule has 6 heteroatoms. The number of carbonyl (C=O) groups is 3. The van der Waals surface area contributed by atoms with Gasteiger partial charge in [-0.15, -0.1) is 0 Å². The molecule has 0 unspecified atom stereocenters. The molecule has 1 atom stereocenters. The highest BCUT2D eigenvalue weighted by molar-refractivity contribution is 5.88. The zero-order chi connectivity index (χ0) is 17.4. The predicted octanol–water partition coefficient (Wildman–Crippen LogP) is 1.03. The van der Waals surface area contributed by atoms with Crippen LogP contribution in [-0.2, 0) is 25.5 Å². The van der Waals surface area contributed by atoms with Crippen molar-refractivity contribution in [2.24, 2.45) is 0 Å². The van der Waals surface area contributed by atoms with Crippen LogP contribution >= 0.6 is 0 Å². The number of ether oxygens (including phenoxy) is 1. The molecular weight excluding hydrogens is 296 g/mol. The first kappa shape index (κ1) is 18.7. The number of esters is 1. The summed E-state index contributed by atoms with van der Waals surface area (Å²) >= 11 is 0. The molecule has 0 radical (unpaired) electrons. The number of rotatable bonds is 7. The third-order valence-electron chi connectivity index (χ3n) is 3.41. The highest BCUT2D eigenvalue weighted by Crippen LogP contribution is 2.10. The molecule has 0 fully saturated rings. The van der Waals surface area contributed by atoms with Crippen LogP contribution in [-0.4, -0.2) is 37.0 Å². The van der Waals surface area contributed by atoms with E-state index in [1.165, 1.54) is 0 Å². The molecule has 0 bridgehead atoms. The molecule has 0 saturated carbocycles. The number of nitrogens with one attached hydrogen (secondary N) is 2. The molecule has 6 nitrogen and oxygen atoms in total. The van der Waals surface area contributed by atoms with E-state index >= 15 is 0 Å². The number of hydrogen-bond donors (Lipinski definition) is 2. The maximum Gasteiger partial charge on any atom is 0.310 e. The molecule has 0 heterocycles. The van der Waals surface area contributed by atoms with Crippen molar-refractivity contribution in [1.82, 2.24) is 10.6 Å². The lowest BCUT2D eigenvalue weighted by atomic mass is 10.0. The Hall–Kier alpha value is -2.37. The lowest BCUT2D eigenvalue weighted by Crippen LogP contribution is -2.46. The largest absolute Gasteiger partial charge is 0.455 e. The molecule has 1 aromatic rings. The van der Waals surface area contributed by atoms with Crippen LogP contribution in [0.4, 0.5) is 0 Å². The molecule has 1 rings (SSSR count). The van der Waals surface area contributed by atoms with Crippen LogP contribution in [0.1, 0.15) is 30.5 Å². The van der Waals surface area contributed by atoms with E-state index in [4.69, 9.17) is 4.74 Å². The van der Waals surface area contributed by atoms with Gasteiger partial charge in [-0.05, 0) is 44.4 Å². The van der Waals surface area contributed by atoms with E-state index < -0.39 is 24.5 Å². The molecule has 0 aliphatic heterocycles. The molecule has 2 N–H and O–H groups in total. The van der Waals surface area contributed by atoms with Gasteiger partial charge in [0.2, 0.25) is 5.91 Å². The summed E-state index contributed by atoms with van der Waals surface area (Å²) in [6.07, 6.45) is 0.111.